The summed E-state index contributed by atoms with van der Waals surface area (Å²) >= 11 is 0. The zero-order valence-electron chi connectivity index (χ0n) is 19.9. The first-order valence-corrected chi connectivity index (χ1v) is 11.4. The molecule has 1 atom stereocenters. The van der Waals surface area contributed by atoms with E-state index in [-0.39, 0.29) is 11.8 Å². The standard InChI is InChI=1S/C26H36N2O4/c1-6-27-26(30)20(5)28(18-22-11-9-19(4)10-12-22)25(29)16-14-21-13-15-23(31-7-2)24(17-21)32-8-3/h9-13,15,17,20H,6-8,14,16,18H2,1-5H3,(H,27,30)/t20-/m1/s1. The van der Waals surface area contributed by atoms with E-state index in [4.69, 9.17) is 9.47 Å². The molecule has 6 nitrogen and oxygen atoms in total. The first kappa shape index (κ1) is 25.2. The number of nitrogens with one attached hydrogen (secondary N) is 1. The minimum atomic E-state index is -0.553. The summed E-state index contributed by atoms with van der Waals surface area (Å²) < 4.78 is 11.3. The summed E-state index contributed by atoms with van der Waals surface area (Å²) in [6.45, 7) is 11.6. The van der Waals surface area contributed by atoms with Crippen molar-refractivity contribution in [2.45, 2.75) is 60.0 Å². The van der Waals surface area contributed by atoms with Crippen LogP contribution in [0.2, 0.25) is 0 Å². The van der Waals surface area contributed by atoms with Gasteiger partial charge in [-0.25, -0.2) is 0 Å². The molecule has 32 heavy (non-hydrogen) atoms. The van der Waals surface area contributed by atoms with Crippen molar-refractivity contribution in [1.82, 2.24) is 10.2 Å². The second kappa shape index (κ2) is 12.7. The van der Waals surface area contributed by atoms with Crippen molar-refractivity contribution in [3.8, 4) is 11.5 Å². The second-order valence-corrected chi connectivity index (χ2v) is 7.72. The van der Waals surface area contributed by atoms with Gasteiger partial charge in [0.1, 0.15) is 6.04 Å². The van der Waals surface area contributed by atoms with E-state index in [9.17, 15) is 9.59 Å². The summed E-state index contributed by atoms with van der Waals surface area (Å²) in [6, 6.07) is 13.3. The first-order chi connectivity index (χ1) is 15.4. The summed E-state index contributed by atoms with van der Waals surface area (Å²) in [7, 11) is 0. The predicted molar refractivity (Wildman–Crippen MR) is 127 cm³/mol. The molecule has 0 saturated heterocycles. The van der Waals surface area contributed by atoms with E-state index in [0.29, 0.717) is 50.6 Å². The Morgan fingerprint density at radius 1 is 0.938 bits per heavy atom. The minimum Gasteiger partial charge on any atom is -0.490 e. The molecule has 1 N–H and O–H groups in total. The SMILES string of the molecule is CCNC(=O)[C@@H](C)N(Cc1ccc(C)cc1)C(=O)CCc1ccc(OCC)c(OCC)c1. The molecule has 0 spiro atoms. The Labute approximate surface area is 191 Å². The van der Waals surface area contributed by atoms with Gasteiger partial charge in [-0.1, -0.05) is 35.9 Å². The number of carbonyl (C=O) groups is 2. The highest BCUT2D eigenvalue weighted by atomic mass is 16.5. The molecular weight excluding hydrogens is 404 g/mol. The Bertz CT molecular complexity index is 880. The zero-order valence-corrected chi connectivity index (χ0v) is 19.9. The van der Waals surface area contributed by atoms with E-state index in [0.717, 1.165) is 16.7 Å². The summed E-state index contributed by atoms with van der Waals surface area (Å²) in [5.74, 6) is 1.19. The monoisotopic (exact) mass is 440 g/mol. The first-order valence-electron chi connectivity index (χ1n) is 11.4. The van der Waals surface area contributed by atoms with E-state index in [2.05, 4.69) is 5.32 Å². The lowest BCUT2D eigenvalue weighted by Gasteiger charge is -2.29. The van der Waals surface area contributed by atoms with Crippen molar-refractivity contribution in [3.05, 3.63) is 59.2 Å². The zero-order chi connectivity index (χ0) is 23.5. The van der Waals surface area contributed by atoms with Gasteiger partial charge in [-0.3, -0.25) is 9.59 Å². The normalized spacial score (nSPS) is 11.5. The molecule has 0 radical (unpaired) electrons. The fraction of sp³-hybridized carbons (Fsp3) is 0.462. The number of ether oxygens (including phenoxy) is 2. The fourth-order valence-electron chi connectivity index (χ4n) is 3.44. The number of likely N-dealkylation sites (N-methyl/N-ethyl adjacent to an activating group) is 1. The summed E-state index contributed by atoms with van der Waals surface area (Å²) in [5.41, 5.74) is 3.15. The molecule has 0 saturated carbocycles. The summed E-state index contributed by atoms with van der Waals surface area (Å²) in [5, 5.41) is 2.83. The molecule has 2 aromatic carbocycles. The molecule has 2 rings (SSSR count). The fourth-order valence-corrected chi connectivity index (χ4v) is 3.44. The lowest BCUT2D eigenvalue weighted by molar-refractivity contribution is -0.140. The molecule has 0 bridgehead atoms. The van der Waals surface area contributed by atoms with Gasteiger partial charge >= 0.3 is 0 Å². The molecule has 0 aliphatic heterocycles. The number of hydrogen-bond donors (Lipinski definition) is 1. The lowest BCUT2D eigenvalue weighted by atomic mass is 10.1. The van der Waals surface area contributed by atoms with Crippen LogP contribution < -0.4 is 14.8 Å². The van der Waals surface area contributed by atoms with Gasteiger partial charge in [0.15, 0.2) is 11.5 Å². The molecule has 0 unspecified atom stereocenters. The third-order valence-corrected chi connectivity index (χ3v) is 5.23. The minimum absolute atomic E-state index is 0.0591. The van der Waals surface area contributed by atoms with Gasteiger partial charge in [-0.2, -0.15) is 0 Å². The van der Waals surface area contributed by atoms with E-state index in [1.807, 2.05) is 70.2 Å². The van der Waals surface area contributed by atoms with Gasteiger partial charge < -0.3 is 19.7 Å². The molecular formula is C26H36N2O4. The maximum Gasteiger partial charge on any atom is 0.242 e. The number of aryl methyl sites for hydroxylation is 2. The van der Waals surface area contributed by atoms with Crippen LogP contribution in [0.5, 0.6) is 11.5 Å². The number of amides is 2. The number of benzene rings is 2. The van der Waals surface area contributed by atoms with Crippen molar-refractivity contribution in [1.29, 1.82) is 0 Å². The molecule has 0 heterocycles. The van der Waals surface area contributed by atoms with Crippen LogP contribution in [-0.2, 0) is 22.6 Å². The van der Waals surface area contributed by atoms with Gasteiger partial charge in [0.05, 0.1) is 13.2 Å². The van der Waals surface area contributed by atoms with Crippen LogP contribution in [-0.4, -0.2) is 42.5 Å². The van der Waals surface area contributed by atoms with E-state index in [1.165, 1.54) is 0 Å². The quantitative estimate of drug-likeness (QED) is 0.535. The molecule has 6 heteroatoms. The smallest absolute Gasteiger partial charge is 0.242 e. The highest BCUT2D eigenvalue weighted by Gasteiger charge is 2.25. The second-order valence-electron chi connectivity index (χ2n) is 7.72. The average molecular weight is 441 g/mol. The predicted octanol–water partition coefficient (Wildman–Crippen LogP) is 4.28. The molecule has 2 amide bonds. The summed E-state index contributed by atoms with van der Waals surface area (Å²) in [6.07, 6.45) is 0.854. The van der Waals surface area contributed by atoms with Crippen LogP contribution in [0.25, 0.3) is 0 Å². The Morgan fingerprint density at radius 3 is 2.19 bits per heavy atom. The molecule has 174 valence electrons. The molecule has 0 aromatic heterocycles. The van der Waals surface area contributed by atoms with Crippen molar-refractivity contribution in [2.75, 3.05) is 19.8 Å². The Balaban J connectivity index is 2.15. The van der Waals surface area contributed by atoms with Gasteiger partial charge in [-0.15, -0.1) is 0 Å². The van der Waals surface area contributed by atoms with Crippen LogP contribution in [0, 0.1) is 6.92 Å². The molecule has 0 aliphatic rings. The van der Waals surface area contributed by atoms with Crippen molar-refractivity contribution in [3.63, 3.8) is 0 Å². The molecule has 0 fully saturated rings. The van der Waals surface area contributed by atoms with E-state index in [1.54, 1.807) is 11.8 Å². The van der Waals surface area contributed by atoms with Crippen molar-refractivity contribution >= 4 is 11.8 Å². The van der Waals surface area contributed by atoms with Gasteiger partial charge in [0.2, 0.25) is 11.8 Å². The van der Waals surface area contributed by atoms with Crippen LogP contribution in [0.4, 0.5) is 0 Å². The maximum absolute atomic E-state index is 13.2. The lowest BCUT2D eigenvalue weighted by Crippen LogP contribution is -2.47. The molecule has 2 aromatic rings. The highest BCUT2D eigenvalue weighted by Crippen LogP contribution is 2.29. The molecule has 0 aliphatic carbocycles. The van der Waals surface area contributed by atoms with Gasteiger partial charge in [-0.05, 0) is 64.3 Å². The van der Waals surface area contributed by atoms with Gasteiger partial charge in [0, 0.05) is 19.5 Å². The van der Waals surface area contributed by atoms with Crippen LogP contribution in [0.15, 0.2) is 42.5 Å². The number of nitrogens with zero attached hydrogens (tertiary/aromatic N) is 1. The summed E-state index contributed by atoms with van der Waals surface area (Å²) in [4.78, 5) is 27.4. The highest BCUT2D eigenvalue weighted by molar-refractivity contribution is 5.87. The van der Waals surface area contributed by atoms with Crippen molar-refractivity contribution in [2.24, 2.45) is 0 Å². The van der Waals surface area contributed by atoms with E-state index < -0.39 is 6.04 Å². The van der Waals surface area contributed by atoms with Crippen LogP contribution >= 0.6 is 0 Å². The maximum atomic E-state index is 13.2. The number of hydrogen-bond acceptors (Lipinski definition) is 4. The van der Waals surface area contributed by atoms with Crippen LogP contribution in [0.3, 0.4) is 0 Å². The van der Waals surface area contributed by atoms with Crippen molar-refractivity contribution < 1.29 is 19.1 Å². The topological polar surface area (TPSA) is 67.9 Å². The largest absolute Gasteiger partial charge is 0.490 e. The van der Waals surface area contributed by atoms with E-state index >= 15 is 0 Å². The third-order valence-electron chi connectivity index (χ3n) is 5.23. The number of carbonyl (C=O) groups excluding carboxylic acids is 2. The third kappa shape index (κ3) is 7.29. The van der Waals surface area contributed by atoms with Gasteiger partial charge in [0.25, 0.3) is 0 Å². The average Bonchev–Trinajstić information content (AvgIpc) is 2.78. The Morgan fingerprint density at radius 2 is 1.56 bits per heavy atom. The Kier molecular flexibility index (Phi) is 10.1. The Hall–Kier alpha value is -3.02. The number of rotatable bonds is 12. The van der Waals surface area contributed by atoms with Crippen LogP contribution in [0.1, 0.15) is 50.8 Å².